The van der Waals surface area contributed by atoms with E-state index in [1.165, 1.54) is 18.2 Å². The first-order chi connectivity index (χ1) is 10.4. The Morgan fingerprint density at radius 3 is 2.32 bits per heavy atom. The Morgan fingerprint density at radius 1 is 1.18 bits per heavy atom. The van der Waals surface area contributed by atoms with Gasteiger partial charge in [-0.05, 0) is 18.6 Å². The largest absolute Gasteiger partial charge is 0.297 e. The van der Waals surface area contributed by atoms with E-state index in [9.17, 15) is 22.4 Å². The number of rotatable bonds is 4. The summed E-state index contributed by atoms with van der Waals surface area (Å²) in [5, 5.41) is 0. The van der Waals surface area contributed by atoms with Crippen LogP contribution in [-0.4, -0.2) is 43.3 Å². The van der Waals surface area contributed by atoms with Gasteiger partial charge >= 0.3 is 0 Å². The van der Waals surface area contributed by atoms with E-state index in [0.29, 0.717) is 0 Å². The number of amides is 2. The summed E-state index contributed by atoms with van der Waals surface area (Å²) in [4.78, 5) is 25.7. The molecule has 6 nitrogen and oxygen atoms in total. The highest BCUT2D eigenvalue weighted by Crippen LogP contribution is 2.30. The van der Waals surface area contributed by atoms with Crippen LogP contribution >= 0.6 is 0 Å². The Kier molecular flexibility index (Phi) is 3.57. The molecule has 1 aliphatic carbocycles. The number of hydrogen-bond donors (Lipinski definition) is 0. The molecule has 0 saturated carbocycles. The molecule has 0 fully saturated rings. The minimum atomic E-state index is -4.32. The first kappa shape index (κ1) is 14.9. The second-order valence-electron chi connectivity index (χ2n) is 4.98. The van der Waals surface area contributed by atoms with Gasteiger partial charge < -0.3 is 0 Å². The number of nitrogens with zero attached hydrogens (tertiary/aromatic N) is 1. The molecule has 0 bridgehead atoms. The van der Waals surface area contributed by atoms with Crippen molar-refractivity contribution in [2.45, 2.75) is 18.6 Å². The number of imide groups is 1. The first-order valence-corrected chi connectivity index (χ1v) is 8.13. The molecule has 2 amide bonds. The third-order valence-electron chi connectivity index (χ3n) is 3.61. The first-order valence-electron chi connectivity index (χ1n) is 6.55. The van der Waals surface area contributed by atoms with E-state index >= 15 is 0 Å². The Bertz CT molecular complexity index is 738. The minimum Gasteiger partial charge on any atom is -0.269 e. The van der Waals surface area contributed by atoms with Crippen molar-refractivity contribution >= 4 is 21.9 Å². The van der Waals surface area contributed by atoms with Gasteiger partial charge in [-0.1, -0.05) is 24.3 Å². The number of hydrogen-bond acceptors (Lipinski definition) is 5. The lowest BCUT2D eigenvalue weighted by Gasteiger charge is -2.26. The molecule has 8 heteroatoms. The molecule has 1 heterocycles. The third kappa shape index (κ3) is 2.34. The molecule has 0 radical (unpaired) electrons. The number of carbonyl (C=O) groups is 2. The zero-order valence-corrected chi connectivity index (χ0v) is 12.1. The summed E-state index contributed by atoms with van der Waals surface area (Å²) in [6.07, 6.45) is 2.31. The van der Waals surface area contributed by atoms with Crippen LogP contribution in [0.1, 0.15) is 27.1 Å². The van der Waals surface area contributed by atoms with Crippen LogP contribution in [0.15, 0.2) is 36.4 Å². The van der Waals surface area contributed by atoms with Gasteiger partial charge in [0.15, 0.2) is 0 Å². The molecular weight excluding hydrogens is 313 g/mol. The van der Waals surface area contributed by atoms with E-state index in [1.54, 1.807) is 18.2 Å². The molecule has 0 N–H and O–H groups in total. The number of benzene rings is 1. The van der Waals surface area contributed by atoms with E-state index in [0.717, 1.165) is 4.90 Å². The predicted octanol–water partition coefficient (Wildman–Crippen LogP) is 1.25. The Morgan fingerprint density at radius 2 is 1.77 bits per heavy atom. The van der Waals surface area contributed by atoms with Crippen molar-refractivity contribution in [3.63, 3.8) is 0 Å². The molecule has 1 aromatic rings. The van der Waals surface area contributed by atoms with Crippen LogP contribution in [0.2, 0.25) is 0 Å². The zero-order chi connectivity index (χ0) is 15.9. The van der Waals surface area contributed by atoms with Crippen molar-refractivity contribution < 1.29 is 26.6 Å². The molecular formula is C14H12FNO5S. The van der Waals surface area contributed by atoms with Gasteiger partial charge in [-0.2, -0.15) is 8.42 Å². The lowest BCUT2D eigenvalue weighted by atomic mass is 10.1. The fourth-order valence-electron chi connectivity index (χ4n) is 2.66. The smallest absolute Gasteiger partial charge is 0.269 e. The quantitative estimate of drug-likeness (QED) is 0.473. The maximum absolute atomic E-state index is 12.4. The summed E-state index contributed by atoms with van der Waals surface area (Å²) in [6.45, 7) is 0. The molecule has 2 aliphatic rings. The molecule has 3 rings (SSSR count). The summed E-state index contributed by atoms with van der Waals surface area (Å²) in [5.74, 6) is -1.02. The maximum atomic E-state index is 12.4. The Balaban J connectivity index is 1.90. The number of fused-ring (bicyclic) bond motifs is 1. The van der Waals surface area contributed by atoms with Crippen molar-refractivity contribution in [3.05, 3.63) is 47.5 Å². The van der Waals surface area contributed by atoms with E-state index < -0.39 is 40.1 Å². The summed E-state index contributed by atoms with van der Waals surface area (Å²) < 4.78 is 39.7. The lowest BCUT2D eigenvalue weighted by Crippen LogP contribution is -2.45. The number of halogens is 1. The summed E-state index contributed by atoms with van der Waals surface area (Å²) in [6, 6.07) is 3.82. The predicted molar refractivity (Wildman–Crippen MR) is 74.3 cm³/mol. The molecule has 0 unspecified atom stereocenters. The molecule has 1 aromatic carbocycles. The fourth-order valence-corrected chi connectivity index (χ4v) is 3.28. The van der Waals surface area contributed by atoms with Gasteiger partial charge in [0, 0.05) is 0 Å². The highest BCUT2D eigenvalue weighted by atomic mass is 32.2. The van der Waals surface area contributed by atoms with Gasteiger partial charge in [-0.25, -0.2) is 4.39 Å². The zero-order valence-electron chi connectivity index (χ0n) is 11.3. The Hall–Kier alpha value is -2.06. The van der Waals surface area contributed by atoms with Crippen LogP contribution in [0.25, 0.3) is 0 Å². The Labute approximate surface area is 126 Å². The van der Waals surface area contributed by atoms with E-state index in [2.05, 4.69) is 0 Å². The molecule has 116 valence electrons. The fraction of sp³-hybridized carbons (Fsp3) is 0.286. The minimum absolute atomic E-state index is 0.178. The molecule has 0 saturated heterocycles. The van der Waals surface area contributed by atoms with Crippen molar-refractivity contribution in [1.29, 1.82) is 0 Å². The van der Waals surface area contributed by atoms with Gasteiger partial charge in [-0.15, -0.1) is 0 Å². The van der Waals surface area contributed by atoms with Gasteiger partial charge in [0.05, 0.1) is 17.2 Å². The number of carbonyl (C=O) groups excluding carboxylic acids is 2. The van der Waals surface area contributed by atoms with Gasteiger partial charge in [0.1, 0.15) is 6.10 Å². The third-order valence-corrected chi connectivity index (χ3v) is 4.42. The van der Waals surface area contributed by atoms with Crippen LogP contribution in [0.5, 0.6) is 0 Å². The van der Waals surface area contributed by atoms with Crippen molar-refractivity contribution in [3.8, 4) is 0 Å². The van der Waals surface area contributed by atoms with Gasteiger partial charge in [-0.3, -0.25) is 18.7 Å². The SMILES string of the molecule is O=C1c2ccccc2C(=O)N1[C@H]1C=CC[C@@H]1OS(=O)(=O)CF. The van der Waals surface area contributed by atoms with Crippen molar-refractivity contribution in [2.24, 2.45) is 0 Å². The van der Waals surface area contributed by atoms with Gasteiger partial charge in [0.2, 0.25) is 6.01 Å². The summed E-state index contributed by atoms with van der Waals surface area (Å²) in [5.41, 5.74) is 0.528. The average Bonchev–Trinajstić information content (AvgIpc) is 3.03. The standard InChI is InChI=1S/C14H12FNO5S/c15-8-22(19,20)21-12-7-3-6-11(12)16-13(17)9-4-1-2-5-10(9)14(16)18/h1-6,11-12H,7-8H2/t11-,12-/m0/s1. The highest BCUT2D eigenvalue weighted by Gasteiger charge is 2.44. The van der Waals surface area contributed by atoms with Crippen LogP contribution in [-0.2, 0) is 14.3 Å². The van der Waals surface area contributed by atoms with Crippen LogP contribution < -0.4 is 0 Å². The van der Waals surface area contributed by atoms with E-state index in [1.807, 2.05) is 0 Å². The maximum Gasteiger partial charge on any atom is 0.297 e. The molecule has 22 heavy (non-hydrogen) atoms. The number of alkyl halides is 1. The van der Waals surface area contributed by atoms with Crippen molar-refractivity contribution in [1.82, 2.24) is 4.90 Å². The van der Waals surface area contributed by atoms with E-state index in [4.69, 9.17) is 4.18 Å². The summed E-state index contributed by atoms with van der Waals surface area (Å²) in [7, 11) is -4.32. The topological polar surface area (TPSA) is 80.8 Å². The monoisotopic (exact) mass is 325 g/mol. The van der Waals surface area contributed by atoms with E-state index in [-0.39, 0.29) is 17.5 Å². The molecule has 2 atom stereocenters. The molecule has 0 spiro atoms. The van der Waals surface area contributed by atoms with Crippen molar-refractivity contribution in [2.75, 3.05) is 6.01 Å². The van der Waals surface area contributed by atoms with Crippen LogP contribution in [0.3, 0.4) is 0 Å². The second-order valence-corrected chi connectivity index (χ2v) is 6.51. The van der Waals surface area contributed by atoms with Gasteiger partial charge in [0.25, 0.3) is 21.9 Å². The van der Waals surface area contributed by atoms with Crippen LogP contribution in [0.4, 0.5) is 4.39 Å². The second kappa shape index (κ2) is 5.29. The normalized spacial score (nSPS) is 24.1. The van der Waals surface area contributed by atoms with Crippen LogP contribution in [0, 0.1) is 0 Å². The summed E-state index contributed by atoms with van der Waals surface area (Å²) >= 11 is 0. The molecule has 1 aliphatic heterocycles. The lowest BCUT2D eigenvalue weighted by molar-refractivity contribution is 0.0504. The molecule has 0 aromatic heterocycles. The average molecular weight is 325 g/mol. The highest BCUT2D eigenvalue weighted by molar-refractivity contribution is 7.86.